The summed E-state index contributed by atoms with van der Waals surface area (Å²) in [6.07, 6.45) is 0. The number of hydrogen-bond donors (Lipinski definition) is 2. The van der Waals surface area contributed by atoms with Crippen molar-refractivity contribution in [3.8, 4) is 0 Å². The highest BCUT2D eigenvalue weighted by Gasteiger charge is 2.21. The number of piperazine rings is 1. The lowest BCUT2D eigenvalue weighted by atomic mass is 10.2. The predicted molar refractivity (Wildman–Crippen MR) is 122 cm³/mol. The van der Waals surface area contributed by atoms with E-state index in [1.54, 1.807) is 25.2 Å². The Morgan fingerprint density at radius 3 is 2.45 bits per heavy atom. The highest BCUT2D eigenvalue weighted by Crippen LogP contribution is 2.20. The third-order valence-corrected chi connectivity index (χ3v) is 4.50. The van der Waals surface area contributed by atoms with E-state index in [0.29, 0.717) is 43.5 Å². The number of para-hydroxylation sites is 1. The highest BCUT2D eigenvalue weighted by atomic mass is 127. The van der Waals surface area contributed by atoms with E-state index >= 15 is 0 Å². The molecular formula is C20H24F2IN5O. The second kappa shape index (κ2) is 10.9. The first-order chi connectivity index (χ1) is 13.6. The fourth-order valence-electron chi connectivity index (χ4n) is 3.13. The number of anilines is 2. The van der Waals surface area contributed by atoms with E-state index in [2.05, 4.69) is 15.6 Å². The number of halogens is 3. The third-order valence-electron chi connectivity index (χ3n) is 4.50. The number of nitrogens with zero attached hydrogens (tertiary/aromatic N) is 3. The minimum absolute atomic E-state index is 0. The molecule has 29 heavy (non-hydrogen) atoms. The summed E-state index contributed by atoms with van der Waals surface area (Å²) < 4.78 is 27.1. The van der Waals surface area contributed by atoms with Crippen LogP contribution < -0.4 is 15.5 Å². The number of nitrogens with one attached hydrogen (secondary N) is 2. The van der Waals surface area contributed by atoms with E-state index in [4.69, 9.17) is 0 Å². The Hall–Kier alpha value is -2.43. The quantitative estimate of drug-likeness (QED) is 0.374. The summed E-state index contributed by atoms with van der Waals surface area (Å²) in [5, 5.41) is 5.65. The minimum atomic E-state index is -0.408. The first kappa shape index (κ1) is 22.9. The third kappa shape index (κ3) is 6.28. The minimum Gasteiger partial charge on any atom is -0.366 e. The van der Waals surface area contributed by atoms with Gasteiger partial charge in [0.25, 0.3) is 0 Å². The monoisotopic (exact) mass is 515 g/mol. The molecule has 0 bridgehead atoms. The summed E-state index contributed by atoms with van der Waals surface area (Å²) in [5.41, 5.74) is 1.000. The maximum atomic E-state index is 14.0. The molecule has 0 unspecified atom stereocenters. The molecule has 1 amide bonds. The van der Waals surface area contributed by atoms with E-state index in [1.807, 2.05) is 15.9 Å². The number of rotatable bonds is 4. The van der Waals surface area contributed by atoms with Gasteiger partial charge < -0.3 is 20.4 Å². The number of amides is 1. The molecule has 0 aromatic heterocycles. The van der Waals surface area contributed by atoms with Gasteiger partial charge in [0, 0.05) is 38.9 Å². The van der Waals surface area contributed by atoms with Gasteiger partial charge in [0.05, 0.1) is 12.2 Å². The molecule has 9 heteroatoms. The molecule has 0 aliphatic carbocycles. The largest absolute Gasteiger partial charge is 0.366 e. The zero-order chi connectivity index (χ0) is 19.9. The Kier molecular flexibility index (Phi) is 8.62. The molecule has 2 aromatic rings. The lowest BCUT2D eigenvalue weighted by molar-refractivity contribution is -0.115. The van der Waals surface area contributed by atoms with E-state index in [0.717, 1.165) is 0 Å². The van der Waals surface area contributed by atoms with Gasteiger partial charge in [-0.15, -0.1) is 24.0 Å². The first-order valence-corrected chi connectivity index (χ1v) is 9.07. The zero-order valence-corrected chi connectivity index (χ0v) is 18.4. The van der Waals surface area contributed by atoms with Crippen LogP contribution >= 0.6 is 24.0 Å². The SMILES string of the molecule is CN=C(NCC(=O)Nc1cccc(F)c1)N1CCN(c2ccccc2F)CC1.I. The van der Waals surface area contributed by atoms with Crippen molar-refractivity contribution in [3.63, 3.8) is 0 Å². The van der Waals surface area contributed by atoms with Gasteiger partial charge in [-0.1, -0.05) is 18.2 Å². The second-order valence-electron chi connectivity index (χ2n) is 6.38. The molecule has 3 rings (SSSR count). The molecule has 2 N–H and O–H groups in total. The lowest BCUT2D eigenvalue weighted by Crippen LogP contribution is -2.53. The van der Waals surface area contributed by atoms with E-state index in [-0.39, 0.29) is 42.2 Å². The average molecular weight is 515 g/mol. The maximum Gasteiger partial charge on any atom is 0.243 e. The molecule has 6 nitrogen and oxygen atoms in total. The van der Waals surface area contributed by atoms with Crippen LogP contribution in [0.3, 0.4) is 0 Å². The summed E-state index contributed by atoms with van der Waals surface area (Å²) in [7, 11) is 1.65. The van der Waals surface area contributed by atoms with Crippen LogP contribution in [0.1, 0.15) is 0 Å². The van der Waals surface area contributed by atoms with Crippen molar-refractivity contribution in [1.82, 2.24) is 10.2 Å². The summed E-state index contributed by atoms with van der Waals surface area (Å²) in [4.78, 5) is 20.3. The Morgan fingerprint density at radius 1 is 1.07 bits per heavy atom. The molecule has 0 spiro atoms. The molecule has 0 radical (unpaired) electrons. The van der Waals surface area contributed by atoms with Crippen LogP contribution in [0.2, 0.25) is 0 Å². The molecule has 156 valence electrons. The van der Waals surface area contributed by atoms with Crippen molar-refractivity contribution in [1.29, 1.82) is 0 Å². The molecule has 0 atom stereocenters. The van der Waals surface area contributed by atoms with Gasteiger partial charge in [-0.2, -0.15) is 0 Å². The molecule has 1 fully saturated rings. The zero-order valence-electron chi connectivity index (χ0n) is 16.1. The Morgan fingerprint density at radius 2 is 1.79 bits per heavy atom. The van der Waals surface area contributed by atoms with Gasteiger partial charge in [-0.05, 0) is 30.3 Å². The molecule has 0 saturated carbocycles. The number of hydrogen-bond acceptors (Lipinski definition) is 3. The Balaban J connectivity index is 0.00000300. The smallest absolute Gasteiger partial charge is 0.243 e. The molecular weight excluding hydrogens is 491 g/mol. The van der Waals surface area contributed by atoms with Crippen LogP contribution in [0, 0.1) is 11.6 Å². The fourth-order valence-corrected chi connectivity index (χ4v) is 3.13. The standard InChI is InChI=1S/C20H23F2N5O.HI/c1-23-20(24-14-19(28)25-16-6-4-5-15(21)13-16)27-11-9-26(10-12-27)18-8-3-2-7-17(18)22;/h2-8,13H,9-12,14H2,1H3,(H,23,24)(H,25,28);1H. The molecule has 1 aliphatic heterocycles. The van der Waals surface area contributed by atoms with Gasteiger partial charge in [-0.25, -0.2) is 8.78 Å². The fraction of sp³-hybridized carbons (Fsp3) is 0.300. The van der Waals surface area contributed by atoms with Crippen LogP contribution in [0.15, 0.2) is 53.5 Å². The van der Waals surface area contributed by atoms with Gasteiger partial charge in [0.15, 0.2) is 5.96 Å². The van der Waals surface area contributed by atoms with E-state index in [9.17, 15) is 13.6 Å². The Bertz CT molecular complexity index is 856. The van der Waals surface area contributed by atoms with Crippen molar-refractivity contribution < 1.29 is 13.6 Å². The van der Waals surface area contributed by atoms with Gasteiger partial charge in [0.1, 0.15) is 11.6 Å². The van der Waals surface area contributed by atoms with Gasteiger partial charge in [-0.3, -0.25) is 9.79 Å². The van der Waals surface area contributed by atoms with E-state index < -0.39 is 5.82 Å². The first-order valence-electron chi connectivity index (χ1n) is 9.07. The lowest BCUT2D eigenvalue weighted by Gasteiger charge is -2.37. The van der Waals surface area contributed by atoms with Crippen molar-refractivity contribution in [2.45, 2.75) is 0 Å². The van der Waals surface area contributed by atoms with Crippen LogP contribution in [-0.2, 0) is 4.79 Å². The highest BCUT2D eigenvalue weighted by molar-refractivity contribution is 14.0. The van der Waals surface area contributed by atoms with Crippen molar-refractivity contribution in [2.24, 2.45) is 4.99 Å². The van der Waals surface area contributed by atoms with Crippen LogP contribution in [0.25, 0.3) is 0 Å². The Labute approximate surface area is 186 Å². The second-order valence-corrected chi connectivity index (χ2v) is 6.38. The van der Waals surface area contributed by atoms with Crippen molar-refractivity contribution in [2.75, 3.05) is 50.0 Å². The summed E-state index contributed by atoms with van der Waals surface area (Å²) in [5.74, 6) is -0.332. The van der Waals surface area contributed by atoms with Crippen LogP contribution in [0.4, 0.5) is 20.2 Å². The number of carbonyl (C=O) groups excluding carboxylic acids is 1. The number of benzene rings is 2. The summed E-state index contributed by atoms with van der Waals surface area (Å²) >= 11 is 0. The van der Waals surface area contributed by atoms with Crippen LogP contribution in [0.5, 0.6) is 0 Å². The molecule has 1 aliphatic rings. The molecule has 1 saturated heterocycles. The normalized spacial score (nSPS) is 14.2. The van der Waals surface area contributed by atoms with Gasteiger partial charge in [0.2, 0.25) is 5.91 Å². The number of aliphatic imine (C=N–C) groups is 1. The number of guanidine groups is 1. The van der Waals surface area contributed by atoms with Crippen molar-refractivity contribution in [3.05, 3.63) is 60.2 Å². The summed E-state index contributed by atoms with van der Waals surface area (Å²) in [6.45, 7) is 2.62. The summed E-state index contributed by atoms with van der Waals surface area (Å²) in [6, 6.07) is 12.5. The predicted octanol–water partition coefficient (Wildman–Crippen LogP) is 2.92. The topological polar surface area (TPSA) is 60.0 Å². The van der Waals surface area contributed by atoms with Crippen molar-refractivity contribution >= 4 is 47.2 Å². The average Bonchev–Trinajstić information content (AvgIpc) is 2.69. The van der Waals surface area contributed by atoms with Gasteiger partial charge >= 0.3 is 0 Å². The maximum absolute atomic E-state index is 14.0. The van der Waals surface area contributed by atoms with Crippen LogP contribution in [-0.4, -0.2) is 56.5 Å². The van der Waals surface area contributed by atoms with E-state index in [1.165, 1.54) is 24.3 Å². The molecule has 1 heterocycles. The number of carbonyl (C=O) groups is 1. The molecule has 2 aromatic carbocycles.